The third-order valence-corrected chi connectivity index (χ3v) is 3.39. The SMILES string of the molecule is CCONC(=O)[C@@H]1CCCN1C(=O)Cc1ccccc1. The monoisotopic (exact) mass is 276 g/mol. The molecule has 0 radical (unpaired) electrons. The summed E-state index contributed by atoms with van der Waals surface area (Å²) in [4.78, 5) is 30.8. The molecule has 0 aromatic heterocycles. The number of hydrogen-bond acceptors (Lipinski definition) is 3. The van der Waals surface area contributed by atoms with Gasteiger partial charge in [0.25, 0.3) is 5.91 Å². The van der Waals surface area contributed by atoms with Gasteiger partial charge in [-0.15, -0.1) is 0 Å². The van der Waals surface area contributed by atoms with Crippen molar-refractivity contribution in [3.8, 4) is 0 Å². The van der Waals surface area contributed by atoms with Gasteiger partial charge < -0.3 is 4.90 Å². The van der Waals surface area contributed by atoms with Gasteiger partial charge in [-0.25, -0.2) is 5.48 Å². The molecule has 1 N–H and O–H groups in total. The van der Waals surface area contributed by atoms with Gasteiger partial charge in [0.15, 0.2) is 0 Å². The summed E-state index contributed by atoms with van der Waals surface area (Å²) in [5, 5.41) is 0. The first-order valence-electron chi connectivity index (χ1n) is 6.97. The molecule has 5 nitrogen and oxygen atoms in total. The van der Waals surface area contributed by atoms with E-state index in [0.717, 1.165) is 12.0 Å². The van der Waals surface area contributed by atoms with Crippen LogP contribution in [0.15, 0.2) is 30.3 Å². The fraction of sp³-hybridized carbons (Fsp3) is 0.467. The van der Waals surface area contributed by atoms with E-state index in [-0.39, 0.29) is 11.8 Å². The molecule has 1 saturated heterocycles. The Bertz CT molecular complexity index is 461. The van der Waals surface area contributed by atoms with Crippen LogP contribution in [-0.2, 0) is 20.8 Å². The number of carbonyl (C=O) groups excluding carboxylic acids is 2. The maximum Gasteiger partial charge on any atom is 0.266 e. The lowest BCUT2D eigenvalue weighted by Crippen LogP contribution is -2.46. The van der Waals surface area contributed by atoms with Crippen molar-refractivity contribution in [3.63, 3.8) is 0 Å². The summed E-state index contributed by atoms with van der Waals surface area (Å²) >= 11 is 0. The fourth-order valence-corrected chi connectivity index (χ4v) is 2.42. The summed E-state index contributed by atoms with van der Waals surface area (Å²) in [5.74, 6) is -0.240. The van der Waals surface area contributed by atoms with Crippen LogP contribution in [0.5, 0.6) is 0 Å². The molecule has 0 unspecified atom stereocenters. The molecule has 0 saturated carbocycles. The van der Waals surface area contributed by atoms with Crippen molar-refractivity contribution >= 4 is 11.8 Å². The predicted octanol–water partition coefficient (Wildman–Crippen LogP) is 1.29. The number of nitrogens with one attached hydrogen (secondary N) is 1. The molecular formula is C15H20N2O3. The minimum atomic E-state index is -0.405. The Balaban J connectivity index is 1.96. The van der Waals surface area contributed by atoms with Crippen LogP contribution in [0.25, 0.3) is 0 Å². The van der Waals surface area contributed by atoms with Gasteiger partial charge in [-0.1, -0.05) is 30.3 Å². The quantitative estimate of drug-likeness (QED) is 0.824. The molecule has 1 aliphatic heterocycles. The number of hydroxylamine groups is 1. The summed E-state index contributed by atoms with van der Waals surface area (Å²) in [6, 6.07) is 9.17. The van der Waals surface area contributed by atoms with Gasteiger partial charge in [0.1, 0.15) is 6.04 Å². The highest BCUT2D eigenvalue weighted by Gasteiger charge is 2.33. The molecule has 1 atom stereocenters. The first kappa shape index (κ1) is 14.5. The molecule has 5 heteroatoms. The molecule has 0 spiro atoms. The van der Waals surface area contributed by atoms with Crippen molar-refractivity contribution in [2.45, 2.75) is 32.2 Å². The largest absolute Gasteiger partial charge is 0.330 e. The van der Waals surface area contributed by atoms with Crippen molar-refractivity contribution in [1.82, 2.24) is 10.4 Å². The molecule has 20 heavy (non-hydrogen) atoms. The molecular weight excluding hydrogens is 256 g/mol. The summed E-state index contributed by atoms with van der Waals surface area (Å²) in [6.07, 6.45) is 1.88. The lowest BCUT2D eigenvalue weighted by molar-refractivity contribution is -0.144. The number of nitrogens with zero attached hydrogens (tertiary/aromatic N) is 1. The van der Waals surface area contributed by atoms with Crippen LogP contribution in [0.3, 0.4) is 0 Å². The molecule has 1 heterocycles. The van der Waals surface area contributed by atoms with Crippen molar-refractivity contribution in [3.05, 3.63) is 35.9 Å². The Hall–Kier alpha value is -1.88. The lowest BCUT2D eigenvalue weighted by atomic mass is 10.1. The second-order valence-corrected chi connectivity index (χ2v) is 4.81. The van der Waals surface area contributed by atoms with Crippen molar-refractivity contribution in [2.24, 2.45) is 0 Å². The zero-order valence-electron chi connectivity index (χ0n) is 11.7. The summed E-state index contributed by atoms with van der Waals surface area (Å²) in [6.45, 7) is 2.85. The van der Waals surface area contributed by atoms with Crippen molar-refractivity contribution < 1.29 is 14.4 Å². The average Bonchev–Trinajstić information content (AvgIpc) is 2.95. The van der Waals surface area contributed by atoms with Crippen LogP contribution < -0.4 is 5.48 Å². The minimum Gasteiger partial charge on any atom is -0.330 e. The summed E-state index contributed by atoms with van der Waals surface area (Å²) in [7, 11) is 0. The smallest absolute Gasteiger partial charge is 0.266 e. The van der Waals surface area contributed by atoms with Crippen LogP contribution in [0.4, 0.5) is 0 Å². The van der Waals surface area contributed by atoms with E-state index in [0.29, 0.717) is 26.0 Å². The number of benzene rings is 1. The van der Waals surface area contributed by atoms with Crippen molar-refractivity contribution in [2.75, 3.05) is 13.2 Å². The third kappa shape index (κ3) is 3.57. The maximum atomic E-state index is 12.3. The highest BCUT2D eigenvalue weighted by atomic mass is 16.6. The van der Waals surface area contributed by atoms with Gasteiger partial charge in [0.2, 0.25) is 5.91 Å². The highest BCUT2D eigenvalue weighted by Crippen LogP contribution is 2.19. The summed E-state index contributed by atoms with van der Waals surface area (Å²) < 4.78 is 0. The molecule has 2 amide bonds. The van der Waals surface area contributed by atoms with E-state index < -0.39 is 6.04 Å². The lowest BCUT2D eigenvalue weighted by Gasteiger charge is -2.23. The zero-order valence-corrected chi connectivity index (χ0v) is 11.7. The van der Waals surface area contributed by atoms with E-state index in [1.54, 1.807) is 11.8 Å². The molecule has 108 valence electrons. The number of carbonyl (C=O) groups is 2. The van der Waals surface area contributed by atoms with Gasteiger partial charge >= 0.3 is 0 Å². The van der Waals surface area contributed by atoms with Gasteiger partial charge in [-0.2, -0.15) is 0 Å². The van der Waals surface area contributed by atoms with E-state index in [2.05, 4.69) is 5.48 Å². The normalized spacial score (nSPS) is 18.1. The van der Waals surface area contributed by atoms with Crippen LogP contribution in [0, 0.1) is 0 Å². The van der Waals surface area contributed by atoms with Gasteiger partial charge in [0, 0.05) is 6.54 Å². The van der Waals surface area contributed by atoms with Crippen LogP contribution >= 0.6 is 0 Å². The third-order valence-electron chi connectivity index (χ3n) is 3.39. The number of likely N-dealkylation sites (tertiary alicyclic amines) is 1. The molecule has 1 aliphatic rings. The standard InChI is InChI=1S/C15H20N2O3/c1-2-20-16-15(19)13-9-6-10-17(13)14(18)11-12-7-4-3-5-8-12/h3-5,7-8,13H,2,6,9-11H2,1H3,(H,16,19)/t13-/m0/s1. The highest BCUT2D eigenvalue weighted by molar-refractivity contribution is 5.88. The molecule has 1 fully saturated rings. The second-order valence-electron chi connectivity index (χ2n) is 4.81. The number of rotatable bonds is 5. The number of amides is 2. The van der Waals surface area contributed by atoms with Gasteiger partial charge in [-0.3, -0.25) is 14.4 Å². The molecule has 2 rings (SSSR count). The number of hydrogen-bond donors (Lipinski definition) is 1. The molecule has 1 aromatic rings. The Labute approximate surface area is 118 Å². The minimum absolute atomic E-state index is 0.00894. The molecule has 0 aliphatic carbocycles. The Morgan fingerprint density at radius 1 is 1.35 bits per heavy atom. The fourth-order valence-electron chi connectivity index (χ4n) is 2.42. The Morgan fingerprint density at radius 2 is 2.10 bits per heavy atom. The van der Waals surface area contributed by atoms with Crippen LogP contribution in [-0.4, -0.2) is 35.9 Å². The van der Waals surface area contributed by atoms with E-state index >= 15 is 0 Å². The van der Waals surface area contributed by atoms with E-state index in [9.17, 15) is 9.59 Å². The van der Waals surface area contributed by atoms with Crippen molar-refractivity contribution in [1.29, 1.82) is 0 Å². The maximum absolute atomic E-state index is 12.3. The Kier molecular flexibility index (Phi) is 5.12. The predicted molar refractivity (Wildman–Crippen MR) is 74.6 cm³/mol. The zero-order chi connectivity index (χ0) is 14.4. The van der Waals surface area contributed by atoms with Gasteiger partial charge in [-0.05, 0) is 25.3 Å². The van der Waals surface area contributed by atoms with E-state index in [1.807, 2.05) is 30.3 Å². The molecule has 0 bridgehead atoms. The Morgan fingerprint density at radius 3 is 2.80 bits per heavy atom. The van der Waals surface area contributed by atoms with Crippen LogP contribution in [0.1, 0.15) is 25.3 Å². The topological polar surface area (TPSA) is 58.6 Å². The second kappa shape index (κ2) is 7.05. The average molecular weight is 276 g/mol. The summed E-state index contributed by atoms with van der Waals surface area (Å²) in [5.41, 5.74) is 3.36. The van der Waals surface area contributed by atoms with E-state index in [1.165, 1.54) is 0 Å². The van der Waals surface area contributed by atoms with Gasteiger partial charge in [0.05, 0.1) is 13.0 Å². The van der Waals surface area contributed by atoms with Crippen LogP contribution in [0.2, 0.25) is 0 Å². The first-order chi connectivity index (χ1) is 9.72. The molecule has 1 aromatic carbocycles. The van der Waals surface area contributed by atoms with E-state index in [4.69, 9.17) is 4.84 Å². The first-order valence-corrected chi connectivity index (χ1v) is 6.97.